The number of hydrogen-bond donors (Lipinski definition) is 1. The lowest BCUT2D eigenvalue weighted by molar-refractivity contribution is 0.103. The summed E-state index contributed by atoms with van der Waals surface area (Å²) in [7, 11) is 1.60. The molecule has 1 aliphatic rings. The van der Waals surface area contributed by atoms with Gasteiger partial charge in [0.15, 0.2) is 0 Å². The summed E-state index contributed by atoms with van der Waals surface area (Å²) in [5.74, 6) is 1.38. The zero-order chi connectivity index (χ0) is 18.3. The Kier molecular flexibility index (Phi) is 4.69. The third-order valence-electron chi connectivity index (χ3n) is 4.21. The monoisotopic (exact) mass is 401 g/mol. The molecule has 0 saturated heterocycles. The quantitative estimate of drug-likeness (QED) is 0.564. The van der Waals surface area contributed by atoms with Crippen LogP contribution in [0.4, 0.5) is 5.69 Å². The van der Waals surface area contributed by atoms with E-state index in [2.05, 4.69) is 5.32 Å². The highest BCUT2D eigenvalue weighted by Crippen LogP contribution is 2.46. The first-order chi connectivity index (χ1) is 12.5. The van der Waals surface area contributed by atoms with Crippen LogP contribution < -0.4 is 10.1 Å². The molecule has 0 bridgehead atoms. The van der Waals surface area contributed by atoms with E-state index < -0.39 is 0 Å². The van der Waals surface area contributed by atoms with Crippen LogP contribution >= 0.6 is 34.7 Å². The van der Waals surface area contributed by atoms with Gasteiger partial charge >= 0.3 is 0 Å². The van der Waals surface area contributed by atoms with E-state index in [1.165, 1.54) is 21.8 Å². The van der Waals surface area contributed by atoms with Crippen LogP contribution in [-0.4, -0.2) is 13.0 Å². The molecule has 0 atom stereocenters. The second-order valence-electron chi connectivity index (χ2n) is 6.05. The van der Waals surface area contributed by atoms with Gasteiger partial charge in [-0.1, -0.05) is 23.7 Å². The summed E-state index contributed by atoms with van der Waals surface area (Å²) in [6.45, 7) is 1.98. The number of halogens is 1. The summed E-state index contributed by atoms with van der Waals surface area (Å²) in [5.41, 5.74) is 4.09. The van der Waals surface area contributed by atoms with Crippen molar-refractivity contribution in [3.05, 3.63) is 63.5 Å². The van der Waals surface area contributed by atoms with Crippen LogP contribution in [0.25, 0.3) is 10.4 Å². The molecule has 1 aliphatic heterocycles. The zero-order valence-electron chi connectivity index (χ0n) is 14.3. The molecule has 6 heteroatoms. The first kappa shape index (κ1) is 17.5. The van der Waals surface area contributed by atoms with Gasteiger partial charge in [-0.2, -0.15) is 0 Å². The van der Waals surface area contributed by atoms with E-state index in [-0.39, 0.29) is 5.91 Å². The molecule has 1 amide bonds. The number of nitrogens with one attached hydrogen (secondary N) is 1. The number of thiophene rings is 1. The maximum Gasteiger partial charge on any atom is 0.265 e. The highest BCUT2D eigenvalue weighted by atomic mass is 35.5. The largest absolute Gasteiger partial charge is 0.495 e. The SMILES string of the molecule is COc1ccc(C)cc1NC(=O)c1cc2c(s1)-c1ccc(Cl)cc1SC2. The van der Waals surface area contributed by atoms with Gasteiger partial charge < -0.3 is 10.1 Å². The highest BCUT2D eigenvalue weighted by Gasteiger charge is 2.22. The number of carbonyl (C=O) groups is 1. The number of rotatable bonds is 3. The van der Waals surface area contributed by atoms with Gasteiger partial charge in [0.2, 0.25) is 0 Å². The van der Waals surface area contributed by atoms with Gasteiger partial charge in [0.05, 0.1) is 17.7 Å². The van der Waals surface area contributed by atoms with Crippen molar-refractivity contribution in [2.75, 3.05) is 12.4 Å². The second kappa shape index (κ2) is 6.99. The van der Waals surface area contributed by atoms with Crippen molar-refractivity contribution in [1.29, 1.82) is 0 Å². The molecular formula is C20H16ClNO2S2. The van der Waals surface area contributed by atoms with Crippen LogP contribution in [0.3, 0.4) is 0 Å². The summed E-state index contributed by atoms with van der Waals surface area (Å²) >= 11 is 9.38. The lowest BCUT2D eigenvalue weighted by Crippen LogP contribution is -2.11. The number of ether oxygens (including phenoxy) is 1. The van der Waals surface area contributed by atoms with Crippen LogP contribution in [0, 0.1) is 6.92 Å². The fourth-order valence-corrected chi connectivity index (χ4v) is 5.52. The molecule has 3 aromatic rings. The van der Waals surface area contributed by atoms with E-state index in [1.54, 1.807) is 18.9 Å². The second-order valence-corrected chi connectivity index (χ2v) is 8.56. The minimum absolute atomic E-state index is 0.117. The predicted molar refractivity (Wildman–Crippen MR) is 110 cm³/mol. The van der Waals surface area contributed by atoms with Gasteiger partial charge in [-0.3, -0.25) is 4.79 Å². The van der Waals surface area contributed by atoms with E-state index in [1.807, 2.05) is 49.4 Å². The fourth-order valence-electron chi connectivity index (χ4n) is 2.94. The summed E-state index contributed by atoms with van der Waals surface area (Å²) in [5, 5.41) is 3.72. The summed E-state index contributed by atoms with van der Waals surface area (Å²) in [6.07, 6.45) is 0. The Hall–Kier alpha value is -1.95. The van der Waals surface area contributed by atoms with Crippen molar-refractivity contribution < 1.29 is 9.53 Å². The Morgan fingerprint density at radius 2 is 2.04 bits per heavy atom. The summed E-state index contributed by atoms with van der Waals surface area (Å²) in [4.78, 5) is 15.8. The maximum atomic E-state index is 12.8. The molecule has 1 aromatic heterocycles. The third-order valence-corrected chi connectivity index (χ3v) is 6.76. The number of anilines is 1. The van der Waals surface area contributed by atoms with Crippen LogP contribution in [0.5, 0.6) is 5.75 Å². The van der Waals surface area contributed by atoms with Crippen molar-refractivity contribution in [3.8, 4) is 16.2 Å². The number of hydrogen-bond acceptors (Lipinski definition) is 4. The zero-order valence-corrected chi connectivity index (χ0v) is 16.6. The van der Waals surface area contributed by atoms with Gasteiger partial charge in [-0.25, -0.2) is 0 Å². The molecule has 2 heterocycles. The molecule has 0 fully saturated rings. The van der Waals surface area contributed by atoms with Gasteiger partial charge in [-0.15, -0.1) is 23.1 Å². The number of amides is 1. The number of methoxy groups -OCH3 is 1. The molecule has 2 aromatic carbocycles. The van der Waals surface area contributed by atoms with Crippen molar-refractivity contribution in [3.63, 3.8) is 0 Å². The molecule has 0 unspecified atom stereocenters. The van der Waals surface area contributed by atoms with Crippen molar-refractivity contribution >= 4 is 46.3 Å². The smallest absolute Gasteiger partial charge is 0.265 e. The number of carbonyl (C=O) groups excluding carboxylic acids is 1. The van der Waals surface area contributed by atoms with Crippen LogP contribution in [-0.2, 0) is 5.75 Å². The molecular weight excluding hydrogens is 386 g/mol. The van der Waals surface area contributed by atoms with Gasteiger partial charge in [0.25, 0.3) is 5.91 Å². The average Bonchev–Trinajstić information content (AvgIpc) is 3.06. The lowest BCUT2D eigenvalue weighted by Gasteiger charge is -2.15. The van der Waals surface area contributed by atoms with E-state index in [9.17, 15) is 4.79 Å². The summed E-state index contributed by atoms with van der Waals surface area (Å²) in [6, 6.07) is 13.6. The van der Waals surface area contributed by atoms with Gasteiger partial charge in [0, 0.05) is 26.1 Å². The standard InChI is InChI=1S/C20H16ClNO2S2/c1-11-3-6-16(24-2)15(7-11)22-20(23)18-8-12-10-25-17-9-13(21)4-5-14(17)19(12)26-18/h3-9H,10H2,1-2H3,(H,22,23). The molecule has 1 N–H and O–H groups in total. The Morgan fingerprint density at radius 1 is 1.19 bits per heavy atom. The van der Waals surface area contributed by atoms with E-state index in [0.29, 0.717) is 16.3 Å². The van der Waals surface area contributed by atoms with Gasteiger partial charge in [0.1, 0.15) is 5.75 Å². The average molecular weight is 402 g/mol. The van der Waals surface area contributed by atoms with Crippen molar-refractivity contribution in [2.24, 2.45) is 0 Å². The number of thioether (sulfide) groups is 1. The predicted octanol–water partition coefficient (Wildman–Crippen LogP) is 6.24. The molecule has 0 spiro atoms. The Labute approximate surface area is 165 Å². The highest BCUT2D eigenvalue weighted by molar-refractivity contribution is 7.98. The minimum Gasteiger partial charge on any atom is -0.495 e. The molecule has 26 heavy (non-hydrogen) atoms. The van der Waals surface area contributed by atoms with Crippen LogP contribution in [0.1, 0.15) is 20.8 Å². The third kappa shape index (κ3) is 3.22. The molecule has 0 saturated carbocycles. The van der Waals surface area contributed by atoms with Gasteiger partial charge in [-0.05, 0) is 48.4 Å². The topological polar surface area (TPSA) is 38.3 Å². The van der Waals surface area contributed by atoms with E-state index >= 15 is 0 Å². The van der Waals surface area contributed by atoms with E-state index in [4.69, 9.17) is 16.3 Å². The molecule has 3 nitrogen and oxygen atoms in total. The first-order valence-electron chi connectivity index (χ1n) is 8.06. The lowest BCUT2D eigenvalue weighted by atomic mass is 10.1. The Bertz CT molecular complexity index is 1010. The molecule has 0 aliphatic carbocycles. The van der Waals surface area contributed by atoms with Crippen molar-refractivity contribution in [1.82, 2.24) is 0 Å². The van der Waals surface area contributed by atoms with Crippen molar-refractivity contribution in [2.45, 2.75) is 17.6 Å². The van der Waals surface area contributed by atoms with Crippen LogP contribution in [0.2, 0.25) is 5.02 Å². The molecule has 132 valence electrons. The first-order valence-corrected chi connectivity index (χ1v) is 10.2. The van der Waals surface area contributed by atoms with E-state index in [0.717, 1.165) is 26.8 Å². The van der Waals surface area contributed by atoms with Crippen LogP contribution in [0.15, 0.2) is 47.4 Å². The number of fused-ring (bicyclic) bond motifs is 3. The fraction of sp³-hybridized carbons (Fsp3) is 0.150. The number of benzene rings is 2. The minimum atomic E-state index is -0.117. The normalized spacial score (nSPS) is 12.3. The Balaban J connectivity index is 1.65. The molecule has 0 radical (unpaired) electrons. The molecule has 4 rings (SSSR count). The Morgan fingerprint density at radius 3 is 2.85 bits per heavy atom. The number of aryl methyl sites for hydroxylation is 1. The maximum absolute atomic E-state index is 12.8. The summed E-state index contributed by atoms with van der Waals surface area (Å²) < 4.78 is 5.35.